The molecule has 0 saturated carbocycles. The second-order valence-corrected chi connectivity index (χ2v) is 9.05. The van der Waals surface area contributed by atoms with E-state index in [0.717, 1.165) is 11.0 Å². The van der Waals surface area contributed by atoms with Gasteiger partial charge in [-0.3, -0.25) is 0 Å². The zero-order valence-corrected chi connectivity index (χ0v) is 15.1. The Kier molecular flexibility index (Phi) is 4.24. The van der Waals surface area contributed by atoms with Crippen molar-refractivity contribution in [3.05, 3.63) is 23.8 Å². The van der Waals surface area contributed by atoms with Gasteiger partial charge in [-0.25, -0.2) is 12.7 Å². The molecule has 1 aliphatic rings. The third kappa shape index (κ3) is 2.83. The van der Waals surface area contributed by atoms with E-state index in [1.165, 1.54) is 18.4 Å². The van der Waals surface area contributed by atoms with Crippen molar-refractivity contribution in [2.75, 3.05) is 14.1 Å². The van der Waals surface area contributed by atoms with Crippen LogP contribution in [0.5, 0.6) is 0 Å². The molecule has 5 nitrogen and oxygen atoms in total. The van der Waals surface area contributed by atoms with E-state index in [-0.39, 0.29) is 4.90 Å². The Morgan fingerprint density at radius 1 is 1.05 bits per heavy atom. The minimum Gasteiger partial charge on any atom is -0.399 e. The summed E-state index contributed by atoms with van der Waals surface area (Å²) in [5, 5.41) is 0. The summed E-state index contributed by atoms with van der Waals surface area (Å²) in [6.45, 7) is 9.82. The molecule has 22 heavy (non-hydrogen) atoms. The van der Waals surface area contributed by atoms with Crippen molar-refractivity contribution >= 4 is 22.6 Å². The zero-order chi connectivity index (χ0) is 16.9. The van der Waals surface area contributed by atoms with E-state index in [4.69, 9.17) is 9.31 Å². The summed E-state index contributed by atoms with van der Waals surface area (Å²) in [5.74, 6) is 0. The summed E-state index contributed by atoms with van der Waals surface area (Å²) in [4.78, 5) is 0.243. The van der Waals surface area contributed by atoms with Gasteiger partial charge in [-0.1, -0.05) is 11.6 Å². The fourth-order valence-electron chi connectivity index (χ4n) is 2.21. The number of rotatable bonds is 3. The number of hydrogen-bond acceptors (Lipinski definition) is 4. The van der Waals surface area contributed by atoms with Gasteiger partial charge in [-0.2, -0.15) is 0 Å². The highest BCUT2D eigenvalue weighted by Crippen LogP contribution is 2.36. The molecule has 1 fully saturated rings. The maximum Gasteiger partial charge on any atom is 0.495 e. The molecule has 0 aromatic heterocycles. The molecule has 0 atom stereocenters. The molecule has 0 unspecified atom stereocenters. The molecule has 1 heterocycles. The normalized spacial score (nSPS) is 20.6. The third-order valence-corrected chi connectivity index (χ3v) is 6.35. The molecular weight excluding hydrogens is 301 g/mol. The van der Waals surface area contributed by atoms with Crippen molar-refractivity contribution in [2.24, 2.45) is 0 Å². The van der Waals surface area contributed by atoms with E-state index in [9.17, 15) is 8.42 Å². The van der Waals surface area contributed by atoms with Gasteiger partial charge in [0, 0.05) is 14.1 Å². The standard InChI is InChI=1S/C15H24BNO4S/c1-11-8-9-12(22(18,19)17(6)7)10-13(11)16-20-14(2,3)15(4,5)21-16/h8-10H,1-7H3. The summed E-state index contributed by atoms with van der Waals surface area (Å²) in [7, 11) is -1.01. The maximum atomic E-state index is 12.3. The van der Waals surface area contributed by atoms with Crippen molar-refractivity contribution < 1.29 is 17.7 Å². The molecule has 122 valence electrons. The van der Waals surface area contributed by atoms with Crippen molar-refractivity contribution in [1.82, 2.24) is 4.31 Å². The minimum atomic E-state index is -3.48. The quantitative estimate of drug-likeness (QED) is 0.791. The van der Waals surface area contributed by atoms with Crippen molar-refractivity contribution in [3.63, 3.8) is 0 Å². The van der Waals surface area contributed by atoms with Crippen LogP contribution < -0.4 is 5.46 Å². The Labute approximate surface area is 133 Å². The Bertz CT molecular complexity index is 667. The summed E-state index contributed by atoms with van der Waals surface area (Å²) in [6, 6.07) is 5.04. The fourth-order valence-corrected chi connectivity index (χ4v) is 3.15. The van der Waals surface area contributed by atoms with Gasteiger partial charge in [-0.05, 0) is 52.2 Å². The summed E-state index contributed by atoms with van der Waals surface area (Å²) < 4.78 is 37.9. The number of aryl methyl sites for hydroxylation is 1. The molecule has 0 N–H and O–H groups in total. The average molecular weight is 325 g/mol. The van der Waals surface area contributed by atoms with E-state index in [1.807, 2.05) is 34.6 Å². The Hall–Kier alpha value is -0.885. The van der Waals surface area contributed by atoms with Gasteiger partial charge in [0.15, 0.2) is 0 Å². The van der Waals surface area contributed by atoms with Crippen LogP contribution in [-0.2, 0) is 19.3 Å². The largest absolute Gasteiger partial charge is 0.495 e. The highest BCUT2D eigenvalue weighted by atomic mass is 32.2. The van der Waals surface area contributed by atoms with Crippen LogP contribution in [-0.4, -0.2) is 45.1 Å². The fraction of sp³-hybridized carbons (Fsp3) is 0.600. The first kappa shape index (κ1) is 17.5. The summed E-state index contributed by atoms with van der Waals surface area (Å²) in [6.07, 6.45) is 0. The van der Waals surface area contributed by atoms with Gasteiger partial charge in [0.05, 0.1) is 16.1 Å². The van der Waals surface area contributed by atoms with Crippen LogP contribution in [0.25, 0.3) is 0 Å². The van der Waals surface area contributed by atoms with Crippen LogP contribution in [0.2, 0.25) is 0 Å². The lowest BCUT2D eigenvalue weighted by Gasteiger charge is -2.32. The lowest BCUT2D eigenvalue weighted by atomic mass is 9.76. The van der Waals surface area contributed by atoms with E-state index >= 15 is 0 Å². The molecule has 1 aliphatic heterocycles. The van der Waals surface area contributed by atoms with E-state index < -0.39 is 28.3 Å². The Morgan fingerprint density at radius 2 is 1.55 bits per heavy atom. The molecule has 7 heteroatoms. The second kappa shape index (κ2) is 5.34. The smallest absolute Gasteiger partial charge is 0.399 e. The van der Waals surface area contributed by atoms with Crippen LogP contribution in [0, 0.1) is 6.92 Å². The molecule has 0 radical (unpaired) electrons. The van der Waals surface area contributed by atoms with E-state index in [0.29, 0.717) is 0 Å². The van der Waals surface area contributed by atoms with Gasteiger partial charge < -0.3 is 9.31 Å². The number of hydrogen-bond donors (Lipinski definition) is 0. The zero-order valence-electron chi connectivity index (χ0n) is 14.3. The van der Waals surface area contributed by atoms with Crippen molar-refractivity contribution in [1.29, 1.82) is 0 Å². The topological polar surface area (TPSA) is 55.8 Å². The predicted molar refractivity (Wildman–Crippen MR) is 87.8 cm³/mol. The molecule has 0 amide bonds. The van der Waals surface area contributed by atoms with E-state index in [2.05, 4.69) is 0 Å². The van der Waals surface area contributed by atoms with Crippen molar-refractivity contribution in [3.8, 4) is 0 Å². The van der Waals surface area contributed by atoms with Crippen LogP contribution >= 0.6 is 0 Å². The van der Waals surface area contributed by atoms with Crippen molar-refractivity contribution in [2.45, 2.75) is 50.7 Å². The van der Waals surface area contributed by atoms with Gasteiger partial charge in [0.1, 0.15) is 0 Å². The Balaban J connectivity index is 2.46. The van der Waals surface area contributed by atoms with E-state index in [1.54, 1.807) is 18.2 Å². The first-order chi connectivity index (χ1) is 9.88. The molecule has 0 spiro atoms. The third-order valence-electron chi connectivity index (χ3n) is 4.54. The SMILES string of the molecule is Cc1ccc(S(=O)(=O)N(C)C)cc1B1OC(C)(C)C(C)(C)O1. The molecule has 0 bridgehead atoms. The highest BCUT2D eigenvalue weighted by molar-refractivity contribution is 7.89. The van der Waals surface area contributed by atoms with Gasteiger partial charge >= 0.3 is 7.12 Å². The molecule has 2 rings (SSSR count). The molecular formula is C15H24BNO4S. The number of nitrogens with zero attached hydrogens (tertiary/aromatic N) is 1. The molecule has 1 aromatic carbocycles. The average Bonchev–Trinajstić information content (AvgIpc) is 2.58. The first-order valence-electron chi connectivity index (χ1n) is 7.27. The lowest BCUT2D eigenvalue weighted by Crippen LogP contribution is -2.41. The Morgan fingerprint density at radius 3 is 2.00 bits per heavy atom. The predicted octanol–water partition coefficient (Wildman–Crippen LogP) is 1.54. The van der Waals surface area contributed by atoms with Crippen LogP contribution in [0.3, 0.4) is 0 Å². The molecule has 0 aliphatic carbocycles. The highest BCUT2D eigenvalue weighted by Gasteiger charge is 2.52. The van der Waals surface area contributed by atoms with Gasteiger partial charge in [-0.15, -0.1) is 0 Å². The van der Waals surface area contributed by atoms with Crippen LogP contribution in [0.15, 0.2) is 23.1 Å². The lowest BCUT2D eigenvalue weighted by molar-refractivity contribution is 0.00578. The maximum absolute atomic E-state index is 12.3. The summed E-state index contributed by atoms with van der Waals surface area (Å²) >= 11 is 0. The van der Waals surface area contributed by atoms with Crippen LogP contribution in [0.1, 0.15) is 33.3 Å². The molecule has 1 aromatic rings. The van der Waals surface area contributed by atoms with Gasteiger partial charge in [0.25, 0.3) is 0 Å². The monoisotopic (exact) mass is 325 g/mol. The number of benzene rings is 1. The molecule has 1 saturated heterocycles. The first-order valence-corrected chi connectivity index (χ1v) is 8.71. The van der Waals surface area contributed by atoms with Gasteiger partial charge in [0.2, 0.25) is 10.0 Å². The number of sulfonamides is 1. The second-order valence-electron chi connectivity index (χ2n) is 6.89. The van der Waals surface area contributed by atoms with Crippen LogP contribution in [0.4, 0.5) is 0 Å². The summed E-state index contributed by atoms with van der Waals surface area (Å²) in [5.41, 5.74) is 0.777. The minimum absolute atomic E-state index is 0.243.